The Morgan fingerprint density at radius 1 is 1.71 bits per heavy atom. The van der Waals surface area contributed by atoms with Crippen LogP contribution >= 0.6 is 0 Å². The largest absolute Gasteiger partial charge is 0.396 e. The second-order valence-corrected chi connectivity index (χ2v) is 4.37. The number of aromatic nitrogens is 2. The molecule has 96 valence electrons. The van der Waals surface area contributed by atoms with Gasteiger partial charge in [0.2, 0.25) is 5.91 Å². The maximum absolute atomic E-state index is 11.8. The van der Waals surface area contributed by atoms with Crippen LogP contribution in [0.25, 0.3) is 0 Å². The lowest BCUT2D eigenvalue weighted by Gasteiger charge is -2.28. The lowest BCUT2D eigenvalue weighted by atomic mass is 9.95. The van der Waals surface area contributed by atoms with Crippen molar-refractivity contribution in [3.05, 3.63) is 12.3 Å². The van der Waals surface area contributed by atoms with Crippen LogP contribution in [0.4, 0.5) is 5.82 Å². The van der Waals surface area contributed by atoms with Crippen molar-refractivity contribution in [2.75, 3.05) is 12.3 Å². The zero-order valence-electron chi connectivity index (χ0n) is 10.3. The Balaban J connectivity index is 2.53. The molecule has 0 spiro atoms. The van der Waals surface area contributed by atoms with Crippen molar-refractivity contribution >= 4 is 11.7 Å². The van der Waals surface area contributed by atoms with Crippen LogP contribution in [0, 0.1) is 0 Å². The zero-order valence-corrected chi connectivity index (χ0v) is 10.3. The number of hydrogen-bond donors (Lipinski definition) is 3. The number of carbonyl (C=O) groups is 1. The molecule has 0 bridgehead atoms. The van der Waals surface area contributed by atoms with E-state index in [1.54, 1.807) is 12.3 Å². The molecule has 1 atom stereocenters. The van der Waals surface area contributed by atoms with Gasteiger partial charge in [-0.3, -0.25) is 9.48 Å². The summed E-state index contributed by atoms with van der Waals surface area (Å²) >= 11 is 0. The van der Waals surface area contributed by atoms with Crippen LogP contribution in [0.15, 0.2) is 12.3 Å². The summed E-state index contributed by atoms with van der Waals surface area (Å²) in [5.41, 5.74) is 5.09. The Morgan fingerprint density at radius 2 is 2.41 bits per heavy atom. The van der Waals surface area contributed by atoms with Gasteiger partial charge in [0.25, 0.3) is 0 Å². The molecule has 0 aliphatic rings. The highest BCUT2D eigenvalue weighted by atomic mass is 16.3. The van der Waals surface area contributed by atoms with E-state index in [1.165, 1.54) is 4.68 Å². The third-order valence-electron chi connectivity index (χ3n) is 2.85. The van der Waals surface area contributed by atoms with E-state index in [0.29, 0.717) is 12.2 Å². The first-order valence-electron chi connectivity index (χ1n) is 5.70. The van der Waals surface area contributed by atoms with Gasteiger partial charge in [-0.1, -0.05) is 6.92 Å². The minimum absolute atomic E-state index is 0.0549. The summed E-state index contributed by atoms with van der Waals surface area (Å²) < 4.78 is 1.49. The molecule has 1 rings (SSSR count). The van der Waals surface area contributed by atoms with Gasteiger partial charge < -0.3 is 16.2 Å². The first kappa shape index (κ1) is 13.5. The van der Waals surface area contributed by atoms with Crippen molar-refractivity contribution in [2.24, 2.45) is 0 Å². The summed E-state index contributed by atoms with van der Waals surface area (Å²) in [6.07, 6.45) is 2.96. The summed E-state index contributed by atoms with van der Waals surface area (Å²) in [4.78, 5) is 11.8. The van der Waals surface area contributed by atoms with Gasteiger partial charge in [-0.15, -0.1) is 0 Å². The van der Waals surface area contributed by atoms with Gasteiger partial charge in [0.05, 0.1) is 0 Å². The summed E-state index contributed by atoms with van der Waals surface area (Å²) in [7, 11) is 0. The summed E-state index contributed by atoms with van der Waals surface area (Å²) in [5.74, 6) is 0.261. The van der Waals surface area contributed by atoms with Gasteiger partial charge in [0.1, 0.15) is 12.4 Å². The lowest BCUT2D eigenvalue weighted by molar-refractivity contribution is -0.123. The number of nitrogens with two attached hydrogens (primary N) is 1. The molecule has 0 saturated carbocycles. The first-order valence-corrected chi connectivity index (χ1v) is 5.70. The number of aliphatic hydroxyl groups excluding tert-OH is 1. The van der Waals surface area contributed by atoms with Crippen LogP contribution in [0.5, 0.6) is 0 Å². The molecule has 4 N–H and O–H groups in total. The average Bonchev–Trinajstić information content (AvgIpc) is 2.64. The molecule has 0 aliphatic carbocycles. The van der Waals surface area contributed by atoms with E-state index in [4.69, 9.17) is 10.8 Å². The van der Waals surface area contributed by atoms with Crippen molar-refractivity contribution in [3.63, 3.8) is 0 Å². The highest BCUT2D eigenvalue weighted by Crippen LogP contribution is 2.13. The maximum atomic E-state index is 11.8. The number of carbonyl (C=O) groups excluding carboxylic acids is 1. The number of aliphatic hydroxyl groups is 1. The second-order valence-electron chi connectivity index (χ2n) is 4.37. The fourth-order valence-electron chi connectivity index (χ4n) is 1.56. The average molecular weight is 240 g/mol. The van der Waals surface area contributed by atoms with Gasteiger partial charge >= 0.3 is 0 Å². The van der Waals surface area contributed by atoms with E-state index >= 15 is 0 Å². The smallest absolute Gasteiger partial charge is 0.242 e. The Bertz CT molecular complexity index is 377. The van der Waals surface area contributed by atoms with Gasteiger partial charge in [-0.2, -0.15) is 5.10 Å². The second kappa shape index (κ2) is 5.67. The molecule has 6 nitrogen and oxygen atoms in total. The predicted molar refractivity (Wildman–Crippen MR) is 65.2 cm³/mol. The lowest BCUT2D eigenvalue weighted by Crippen LogP contribution is -2.47. The Labute approximate surface area is 101 Å². The van der Waals surface area contributed by atoms with Crippen LogP contribution in [0.2, 0.25) is 0 Å². The predicted octanol–water partition coefficient (Wildman–Crippen LogP) is 0.133. The van der Waals surface area contributed by atoms with Gasteiger partial charge in [0.15, 0.2) is 0 Å². The van der Waals surface area contributed by atoms with Crippen LogP contribution in [-0.2, 0) is 11.3 Å². The van der Waals surface area contributed by atoms with E-state index in [2.05, 4.69) is 10.4 Å². The van der Waals surface area contributed by atoms with Crippen molar-refractivity contribution in [2.45, 2.75) is 38.8 Å². The van der Waals surface area contributed by atoms with Crippen molar-refractivity contribution in [1.29, 1.82) is 0 Å². The molecule has 0 aliphatic heterocycles. The molecular weight excluding hydrogens is 220 g/mol. The van der Waals surface area contributed by atoms with E-state index in [1.807, 2.05) is 13.8 Å². The van der Waals surface area contributed by atoms with E-state index < -0.39 is 0 Å². The number of nitrogen functional groups attached to an aromatic ring is 1. The topological polar surface area (TPSA) is 93.2 Å². The molecule has 0 radical (unpaired) electrons. The standard InChI is InChI=1S/C11H20N4O2/c1-3-11(2,5-7-16)13-10(17)8-15-6-4-9(12)14-15/h4,6,16H,3,5,7-8H2,1-2H3,(H2,12,14)(H,13,17). The van der Waals surface area contributed by atoms with E-state index in [-0.39, 0.29) is 24.6 Å². The molecule has 17 heavy (non-hydrogen) atoms. The molecule has 0 aromatic carbocycles. The Morgan fingerprint density at radius 3 is 2.88 bits per heavy atom. The molecule has 1 aromatic heterocycles. The Kier molecular flexibility index (Phi) is 4.51. The number of hydrogen-bond acceptors (Lipinski definition) is 4. The number of rotatable bonds is 6. The highest BCUT2D eigenvalue weighted by molar-refractivity contribution is 5.76. The number of nitrogens with zero attached hydrogens (tertiary/aromatic N) is 2. The fourth-order valence-corrected chi connectivity index (χ4v) is 1.56. The van der Waals surface area contributed by atoms with Crippen LogP contribution in [0.3, 0.4) is 0 Å². The quantitative estimate of drug-likeness (QED) is 0.659. The summed E-state index contributed by atoms with van der Waals surface area (Å²) in [5, 5.41) is 15.8. The van der Waals surface area contributed by atoms with Crippen LogP contribution in [-0.4, -0.2) is 32.9 Å². The maximum Gasteiger partial charge on any atom is 0.242 e. The van der Waals surface area contributed by atoms with E-state index in [9.17, 15) is 4.79 Å². The minimum atomic E-state index is -0.371. The van der Waals surface area contributed by atoms with Gasteiger partial charge in [-0.25, -0.2) is 0 Å². The molecule has 6 heteroatoms. The molecule has 1 amide bonds. The van der Waals surface area contributed by atoms with Crippen molar-refractivity contribution in [3.8, 4) is 0 Å². The van der Waals surface area contributed by atoms with Crippen molar-refractivity contribution in [1.82, 2.24) is 15.1 Å². The molecule has 1 heterocycles. The highest BCUT2D eigenvalue weighted by Gasteiger charge is 2.23. The number of nitrogens with one attached hydrogen (secondary N) is 1. The number of anilines is 1. The van der Waals surface area contributed by atoms with Crippen LogP contribution in [0.1, 0.15) is 26.7 Å². The van der Waals surface area contributed by atoms with E-state index in [0.717, 1.165) is 6.42 Å². The normalized spacial score (nSPS) is 14.3. The third kappa shape index (κ3) is 4.07. The fraction of sp³-hybridized carbons (Fsp3) is 0.636. The molecule has 0 fully saturated rings. The molecule has 1 unspecified atom stereocenters. The monoisotopic (exact) mass is 240 g/mol. The molecule has 0 saturated heterocycles. The summed E-state index contributed by atoms with van der Waals surface area (Å²) in [6, 6.07) is 1.64. The SMILES string of the molecule is CCC(C)(CCO)NC(=O)Cn1ccc(N)n1. The first-order chi connectivity index (χ1) is 7.99. The molecular formula is C11H20N4O2. The van der Waals surface area contributed by atoms with Gasteiger partial charge in [-0.05, 0) is 25.8 Å². The molecule has 1 aromatic rings. The Hall–Kier alpha value is -1.56. The van der Waals surface area contributed by atoms with Gasteiger partial charge in [0, 0.05) is 18.3 Å². The van der Waals surface area contributed by atoms with Crippen LogP contribution < -0.4 is 11.1 Å². The van der Waals surface area contributed by atoms with Crippen molar-refractivity contribution < 1.29 is 9.90 Å². The minimum Gasteiger partial charge on any atom is -0.396 e. The summed E-state index contributed by atoms with van der Waals surface area (Å²) in [6.45, 7) is 4.08. The third-order valence-corrected chi connectivity index (χ3v) is 2.85. The zero-order chi connectivity index (χ0) is 12.9. The number of amides is 1.